The largest absolute Gasteiger partial charge is 0.490 e. The fraction of sp³-hybridized carbons (Fsp3) is 0.143. The minimum Gasteiger partial charge on any atom is -0.490 e. The molecule has 0 heterocycles. The van der Waals surface area contributed by atoms with Crippen molar-refractivity contribution in [2.24, 2.45) is 0 Å². The zero-order valence-electron chi connectivity index (χ0n) is 11.0. The van der Waals surface area contributed by atoms with Gasteiger partial charge in [0.05, 0.1) is 5.02 Å². The van der Waals surface area contributed by atoms with Gasteiger partial charge in [-0.15, -0.1) is 0 Å². The number of rotatable bonds is 6. The molecule has 2 N–H and O–H groups in total. The second-order valence-corrected chi connectivity index (χ2v) is 4.62. The van der Waals surface area contributed by atoms with Crippen LogP contribution in [0.4, 0.5) is 4.39 Å². The quantitative estimate of drug-likeness (QED) is 0.629. The van der Waals surface area contributed by atoms with Gasteiger partial charge in [0.25, 0.3) is 0 Å². The van der Waals surface area contributed by atoms with E-state index in [1.807, 2.05) is 0 Å². The van der Waals surface area contributed by atoms with Crippen LogP contribution in [0.15, 0.2) is 42.5 Å². The Balaban J connectivity index is 1.77. The summed E-state index contributed by atoms with van der Waals surface area (Å²) in [6.45, 7) is 0.511. The average molecular weight is 311 g/mol. The van der Waals surface area contributed by atoms with Gasteiger partial charge in [0.15, 0.2) is 0 Å². The molecule has 0 saturated heterocycles. The summed E-state index contributed by atoms with van der Waals surface area (Å²) in [6.07, 6.45) is 0. The third kappa shape index (κ3) is 4.63. The van der Waals surface area contributed by atoms with Crippen LogP contribution in [0.5, 0.6) is 11.5 Å². The van der Waals surface area contributed by atoms with E-state index in [-0.39, 0.29) is 18.2 Å². The van der Waals surface area contributed by atoms with E-state index >= 15 is 0 Å². The molecule has 0 aromatic heterocycles. The van der Waals surface area contributed by atoms with Crippen molar-refractivity contribution >= 4 is 24.2 Å². The Labute approximate surface area is 126 Å². The third-order valence-corrected chi connectivity index (χ3v) is 3.00. The monoisotopic (exact) mass is 310 g/mol. The van der Waals surface area contributed by atoms with Gasteiger partial charge in [-0.25, -0.2) is 4.39 Å². The van der Waals surface area contributed by atoms with Gasteiger partial charge in [0, 0.05) is 6.07 Å². The van der Waals surface area contributed by atoms with E-state index in [0.29, 0.717) is 17.0 Å². The molecule has 0 unspecified atom stereocenters. The van der Waals surface area contributed by atoms with Gasteiger partial charge in [-0.05, 0) is 29.7 Å². The lowest BCUT2D eigenvalue weighted by Gasteiger charge is -2.09. The highest BCUT2D eigenvalue weighted by molar-refractivity contribution is 6.58. The second-order valence-electron chi connectivity index (χ2n) is 4.22. The van der Waals surface area contributed by atoms with E-state index in [1.54, 1.807) is 30.3 Å². The van der Waals surface area contributed by atoms with E-state index in [0.717, 1.165) is 0 Å². The van der Waals surface area contributed by atoms with Gasteiger partial charge in [-0.2, -0.15) is 0 Å². The molecule has 0 aliphatic rings. The summed E-state index contributed by atoms with van der Waals surface area (Å²) in [5, 5.41) is 17.9. The third-order valence-electron chi connectivity index (χ3n) is 2.69. The SMILES string of the molecule is OB(O)c1ccc(OCCOc2ccc(Cl)c(F)c2)cc1. The highest BCUT2D eigenvalue weighted by Crippen LogP contribution is 2.20. The minimum absolute atomic E-state index is 0.0461. The maximum Gasteiger partial charge on any atom is 0.488 e. The van der Waals surface area contributed by atoms with Gasteiger partial charge in [-0.3, -0.25) is 0 Å². The van der Waals surface area contributed by atoms with Gasteiger partial charge < -0.3 is 19.5 Å². The normalized spacial score (nSPS) is 10.3. The fourth-order valence-corrected chi connectivity index (χ4v) is 1.74. The van der Waals surface area contributed by atoms with Crippen LogP contribution in [0.3, 0.4) is 0 Å². The number of hydrogen-bond donors (Lipinski definition) is 2. The topological polar surface area (TPSA) is 58.9 Å². The molecular weight excluding hydrogens is 297 g/mol. The lowest BCUT2D eigenvalue weighted by atomic mass is 9.80. The predicted octanol–water partition coefficient (Wildman–Crippen LogP) is 1.62. The molecule has 2 aromatic carbocycles. The molecule has 4 nitrogen and oxygen atoms in total. The maximum absolute atomic E-state index is 13.2. The van der Waals surface area contributed by atoms with Crippen molar-refractivity contribution in [2.75, 3.05) is 13.2 Å². The molecule has 0 aliphatic carbocycles. The van der Waals surface area contributed by atoms with Gasteiger partial charge >= 0.3 is 7.12 Å². The van der Waals surface area contributed by atoms with Crippen molar-refractivity contribution in [3.8, 4) is 11.5 Å². The first-order chi connectivity index (χ1) is 10.1. The first-order valence-corrected chi connectivity index (χ1v) is 6.61. The van der Waals surface area contributed by atoms with Crippen molar-refractivity contribution in [2.45, 2.75) is 0 Å². The van der Waals surface area contributed by atoms with Crippen molar-refractivity contribution in [1.82, 2.24) is 0 Å². The molecule has 2 aromatic rings. The summed E-state index contributed by atoms with van der Waals surface area (Å²) < 4.78 is 23.9. The van der Waals surface area contributed by atoms with E-state index in [4.69, 9.17) is 31.1 Å². The second kappa shape index (κ2) is 7.31. The first kappa shape index (κ1) is 15.6. The zero-order chi connectivity index (χ0) is 15.2. The minimum atomic E-state index is -1.50. The molecule has 21 heavy (non-hydrogen) atoms. The van der Waals surface area contributed by atoms with Crippen molar-refractivity contribution < 1.29 is 23.9 Å². The molecule has 0 atom stereocenters. The number of hydrogen-bond acceptors (Lipinski definition) is 4. The van der Waals surface area contributed by atoms with E-state index in [1.165, 1.54) is 12.1 Å². The Kier molecular flexibility index (Phi) is 5.44. The highest BCUT2D eigenvalue weighted by atomic mass is 35.5. The van der Waals surface area contributed by atoms with Crippen LogP contribution < -0.4 is 14.9 Å². The Morgan fingerprint density at radius 3 is 2.10 bits per heavy atom. The Morgan fingerprint density at radius 2 is 1.52 bits per heavy atom. The molecule has 0 amide bonds. The van der Waals surface area contributed by atoms with E-state index in [2.05, 4.69) is 0 Å². The van der Waals surface area contributed by atoms with Crippen molar-refractivity contribution in [3.05, 3.63) is 53.3 Å². The lowest BCUT2D eigenvalue weighted by molar-refractivity contribution is 0.216. The fourth-order valence-electron chi connectivity index (χ4n) is 1.62. The van der Waals surface area contributed by atoms with Crippen LogP contribution >= 0.6 is 11.6 Å². The zero-order valence-corrected chi connectivity index (χ0v) is 11.8. The van der Waals surface area contributed by atoms with Gasteiger partial charge in [0.1, 0.15) is 30.5 Å². The van der Waals surface area contributed by atoms with Gasteiger partial charge in [0.2, 0.25) is 0 Å². The molecule has 0 fully saturated rings. The molecule has 110 valence electrons. The standard InChI is InChI=1S/C14H13BClFO4/c16-13-6-5-12(9-14(13)17)21-8-7-20-11-3-1-10(2-4-11)15(18)19/h1-6,9,18-19H,7-8H2. The molecule has 0 aliphatic heterocycles. The first-order valence-electron chi connectivity index (χ1n) is 6.23. The molecule has 0 bridgehead atoms. The number of halogens is 2. The van der Waals surface area contributed by atoms with Gasteiger partial charge in [-0.1, -0.05) is 23.7 Å². The molecule has 0 radical (unpaired) electrons. The maximum atomic E-state index is 13.2. The Bertz CT molecular complexity index is 592. The molecule has 0 spiro atoms. The van der Waals surface area contributed by atoms with Crippen LogP contribution in [0.1, 0.15) is 0 Å². The van der Waals surface area contributed by atoms with E-state index in [9.17, 15) is 4.39 Å². The Morgan fingerprint density at radius 1 is 0.952 bits per heavy atom. The predicted molar refractivity (Wildman–Crippen MR) is 78.7 cm³/mol. The average Bonchev–Trinajstić information content (AvgIpc) is 2.47. The van der Waals surface area contributed by atoms with Crippen LogP contribution in [-0.4, -0.2) is 30.4 Å². The van der Waals surface area contributed by atoms with Crippen molar-refractivity contribution in [3.63, 3.8) is 0 Å². The molecule has 7 heteroatoms. The summed E-state index contributed by atoms with van der Waals surface area (Å²) in [5.41, 5.74) is 0.384. The molecule has 2 rings (SSSR count). The molecule has 0 saturated carbocycles. The lowest BCUT2D eigenvalue weighted by Crippen LogP contribution is -2.29. The van der Waals surface area contributed by atoms with Crippen LogP contribution in [0, 0.1) is 5.82 Å². The summed E-state index contributed by atoms with van der Waals surface area (Å²) >= 11 is 5.57. The summed E-state index contributed by atoms with van der Waals surface area (Å²) in [5.74, 6) is 0.415. The summed E-state index contributed by atoms with van der Waals surface area (Å²) in [6, 6.07) is 10.5. The highest BCUT2D eigenvalue weighted by Gasteiger charge is 2.09. The number of benzene rings is 2. The van der Waals surface area contributed by atoms with Crippen molar-refractivity contribution in [1.29, 1.82) is 0 Å². The van der Waals surface area contributed by atoms with Crippen LogP contribution in [0.2, 0.25) is 5.02 Å². The smallest absolute Gasteiger partial charge is 0.488 e. The number of ether oxygens (including phenoxy) is 2. The van der Waals surface area contributed by atoms with E-state index < -0.39 is 12.9 Å². The summed E-state index contributed by atoms with van der Waals surface area (Å²) in [4.78, 5) is 0. The van der Waals surface area contributed by atoms with Crippen LogP contribution in [0.25, 0.3) is 0 Å². The Hall–Kier alpha value is -1.76. The summed E-state index contributed by atoms with van der Waals surface area (Å²) in [7, 11) is -1.50. The molecular formula is C14H13BClFO4. The van der Waals surface area contributed by atoms with Crippen LogP contribution in [-0.2, 0) is 0 Å².